The number of anilines is 2. The molecule has 0 bridgehead atoms. The van der Waals surface area contributed by atoms with Gasteiger partial charge in [-0.25, -0.2) is 0 Å². The van der Waals surface area contributed by atoms with Gasteiger partial charge in [0.25, 0.3) is 11.8 Å². The number of benzene rings is 1. The first-order chi connectivity index (χ1) is 13.1. The third kappa shape index (κ3) is 5.37. The number of phenolic OH excluding ortho intramolecular Hbond substituents is 1. The molecular weight excluding hydrogens is 344 g/mol. The van der Waals surface area contributed by atoms with Gasteiger partial charge in [0.15, 0.2) is 24.8 Å². The second-order valence-electron chi connectivity index (χ2n) is 5.92. The highest BCUT2D eigenvalue weighted by atomic mass is 16.3. The highest BCUT2D eigenvalue weighted by Crippen LogP contribution is 2.26. The van der Waals surface area contributed by atoms with Gasteiger partial charge >= 0.3 is 0 Å². The summed E-state index contributed by atoms with van der Waals surface area (Å²) in [6.07, 6.45) is 7.15. The van der Waals surface area contributed by atoms with Gasteiger partial charge in [0.05, 0.1) is 5.69 Å². The largest absolute Gasteiger partial charge is 0.506 e. The molecule has 0 aliphatic heterocycles. The summed E-state index contributed by atoms with van der Waals surface area (Å²) in [6.45, 7) is 0.293. The molecule has 0 atom stereocenters. The molecule has 0 aliphatic rings. The molecule has 27 heavy (non-hydrogen) atoms. The van der Waals surface area contributed by atoms with E-state index in [1.807, 2.05) is 36.4 Å². The maximum atomic E-state index is 12.1. The Morgan fingerprint density at radius 1 is 0.778 bits per heavy atom. The summed E-state index contributed by atoms with van der Waals surface area (Å²) in [5.41, 5.74) is 0.733. The summed E-state index contributed by atoms with van der Waals surface area (Å²) in [7, 11) is 0. The van der Waals surface area contributed by atoms with Gasteiger partial charge in [0, 0.05) is 36.0 Å². The van der Waals surface area contributed by atoms with Crippen LogP contribution in [0.1, 0.15) is 0 Å². The molecule has 3 rings (SSSR count). The number of rotatable bonds is 6. The molecule has 0 saturated heterocycles. The molecule has 0 aliphatic carbocycles. The molecule has 0 unspecified atom stereocenters. The topological polar surface area (TPSA) is 86.2 Å². The van der Waals surface area contributed by atoms with Crippen LogP contribution in [0.25, 0.3) is 0 Å². The molecule has 3 aromatic rings. The average molecular weight is 364 g/mol. The molecule has 3 N–H and O–H groups in total. The van der Waals surface area contributed by atoms with Crippen LogP contribution in [-0.2, 0) is 22.7 Å². The third-order valence-electron chi connectivity index (χ3n) is 3.76. The van der Waals surface area contributed by atoms with Crippen LogP contribution in [0.3, 0.4) is 0 Å². The molecule has 7 nitrogen and oxygen atoms in total. The van der Waals surface area contributed by atoms with Crippen molar-refractivity contribution in [2.24, 2.45) is 0 Å². The standard InChI is InChI=1S/C20H18N4O3/c25-18-13-16(21-19(26)14-23-9-3-1-4-10-23)7-8-17(18)22-20(27)15-24-11-5-2-6-12-24/h1-13H,14-15H2,(H-2,21,22,25,26,27)/p+2. The number of hydrogen-bond acceptors (Lipinski definition) is 3. The molecule has 1 aromatic carbocycles. The second-order valence-corrected chi connectivity index (χ2v) is 5.92. The lowest BCUT2D eigenvalue weighted by Gasteiger charge is -2.09. The SMILES string of the molecule is O=C(C[n+]1ccccc1)Nc1ccc(NC(=O)C[n+]2ccccc2)c(O)c1. The van der Waals surface area contributed by atoms with Crippen molar-refractivity contribution in [3.63, 3.8) is 0 Å². The average Bonchev–Trinajstić information content (AvgIpc) is 2.65. The van der Waals surface area contributed by atoms with E-state index in [9.17, 15) is 14.7 Å². The lowest BCUT2D eigenvalue weighted by molar-refractivity contribution is -0.684. The number of carbonyl (C=O) groups is 2. The summed E-state index contributed by atoms with van der Waals surface area (Å²) in [4.78, 5) is 24.2. The number of phenols is 1. The quantitative estimate of drug-likeness (QED) is 0.454. The molecule has 0 fully saturated rings. The monoisotopic (exact) mass is 364 g/mol. The zero-order valence-corrected chi connectivity index (χ0v) is 14.6. The van der Waals surface area contributed by atoms with Crippen LogP contribution in [0.4, 0.5) is 11.4 Å². The lowest BCUT2D eigenvalue weighted by atomic mass is 10.2. The summed E-state index contributed by atoms with van der Waals surface area (Å²) < 4.78 is 3.47. The predicted molar refractivity (Wildman–Crippen MR) is 98.6 cm³/mol. The van der Waals surface area contributed by atoms with E-state index in [2.05, 4.69) is 10.6 Å². The van der Waals surface area contributed by atoms with Gasteiger partial charge in [-0.15, -0.1) is 0 Å². The Balaban J connectivity index is 1.58. The number of carbonyl (C=O) groups excluding carboxylic acids is 2. The van der Waals surface area contributed by atoms with E-state index >= 15 is 0 Å². The van der Waals surface area contributed by atoms with Crippen molar-refractivity contribution in [1.29, 1.82) is 0 Å². The molecule has 0 spiro atoms. The van der Waals surface area contributed by atoms with Crippen molar-refractivity contribution in [3.05, 3.63) is 79.4 Å². The van der Waals surface area contributed by atoms with Crippen LogP contribution in [0, 0.1) is 0 Å². The molecule has 0 radical (unpaired) electrons. The summed E-state index contributed by atoms with van der Waals surface area (Å²) in [6, 6.07) is 15.6. The second kappa shape index (κ2) is 8.57. The van der Waals surface area contributed by atoms with Crippen molar-refractivity contribution in [1.82, 2.24) is 0 Å². The van der Waals surface area contributed by atoms with Crippen LogP contribution in [-0.4, -0.2) is 16.9 Å². The molecule has 0 saturated carbocycles. The number of nitrogens with zero attached hydrogens (tertiary/aromatic N) is 2. The first-order valence-corrected chi connectivity index (χ1v) is 8.41. The number of aromatic hydroxyl groups is 1. The van der Waals surface area contributed by atoms with E-state index in [1.165, 1.54) is 6.07 Å². The van der Waals surface area contributed by atoms with Crippen LogP contribution >= 0.6 is 0 Å². The van der Waals surface area contributed by atoms with E-state index in [-0.39, 0.29) is 36.3 Å². The normalized spacial score (nSPS) is 10.2. The number of pyridine rings is 2. The van der Waals surface area contributed by atoms with Gasteiger partial charge in [-0.2, -0.15) is 9.13 Å². The maximum Gasteiger partial charge on any atom is 0.290 e. The molecule has 2 amide bonds. The van der Waals surface area contributed by atoms with Gasteiger partial charge in [-0.3, -0.25) is 9.59 Å². The van der Waals surface area contributed by atoms with Crippen molar-refractivity contribution < 1.29 is 23.8 Å². The predicted octanol–water partition coefficient (Wildman–Crippen LogP) is 1.24. The van der Waals surface area contributed by atoms with Crippen LogP contribution in [0.2, 0.25) is 0 Å². The lowest BCUT2D eigenvalue weighted by Crippen LogP contribution is -2.39. The van der Waals surface area contributed by atoms with E-state index in [4.69, 9.17) is 0 Å². The van der Waals surface area contributed by atoms with E-state index in [0.29, 0.717) is 5.69 Å². The van der Waals surface area contributed by atoms with E-state index in [1.54, 1.807) is 46.1 Å². The highest BCUT2D eigenvalue weighted by Gasteiger charge is 2.13. The first-order valence-electron chi connectivity index (χ1n) is 8.41. The van der Waals surface area contributed by atoms with Gasteiger partial charge < -0.3 is 15.7 Å². The number of hydrogen-bond donors (Lipinski definition) is 3. The zero-order valence-electron chi connectivity index (χ0n) is 14.6. The Hall–Kier alpha value is -3.74. The van der Waals surface area contributed by atoms with Crippen LogP contribution in [0.15, 0.2) is 79.4 Å². The van der Waals surface area contributed by atoms with Crippen LogP contribution < -0.4 is 19.8 Å². The molecular formula is C20H20N4O3+2. The number of nitrogens with one attached hydrogen (secondary N) is 2. The van der Waals surface area contributed by atoms with Gasteiger partial charge in [-0.05, 0) is 12.1 Å². The van der Waals surface area contributed by atoms with Crippen molar-refractivity contribution in [2.75, 3.05) is 10.6 Å². The van der Waals surface area contributed by atoms with E-state index in [0.717, 1.165) is 0 Å². The minimum atomic E-state index is -0.265. The Morgan fingerprint density at radius 2 is 1.30 bits per heavy atom. The molecule has 2 heterocycles. The van der Waals surface area contributed by atoms with Gasteiger partial charge in [0.2, 0.25) is 13.1 Å². The fraction of sp³-hybridized carbons (Fsp3) is 0.100. The Kier molecular flexibility index (Phi) is 5.73. The van der Waals surface area contributed by atoms with Crippen molar-refractivity contribution in [3.8, 4) is 5.75 Å². The Labute approximate surface area is 156 Å². The van der Waals surface area contributed by atoms with Crippen LogP contribution in [0.5, 0.6) is 5.75 Å². The fourth-order valence-corrected chi connectivity index (χ4v) is 2.52. The minimum absolute atomic E-state index is 0.119. The Morgan fingerprint density at radius 3 is 1.81 bits per heavy atom. The van der Waals surface area contributed by atoms with E-state index < -0.39 is 0 Å². The minimum Gasteiger partial charge on any atom is -0.506 e. The first kappa shape index (κ1) is 18.1. The highest BCUT2D eigenvalue weighted by molar-refractivity contribution is 5.93. The van der Waals surface area contributed by atoms with Crippen molar-refractivity contribution >= 4 is 23.2 Å². The van der Waals surface area contributed by atoms with Gasteiger partial charge in [-0.1, -0.05) is 12.1 Å². The summed E-state index contributed by atoms with van der Waals surface area (Å²) in [5, 5.41) is 15.5. The maximum absolute atomic E-state index is 12.1. The molecule has 2 aromatic heterocycles. The Bertz CT molecular complexity index is 930. The molecule has 136 valence electrons. The fourth-order valence-electron chi connectivity index (χ4n) is 2.52. The summed E-state index contributed by atoms with van der Waals surface area (Å²) in [5.74, 6) is -0.604. The summed E-state index contributed by atoms with van der Waals surface area (Å²) >= 11 is 0. The number of aromatic nitrogens is 2. The van der Waals surface area contributed by atoms with Gasteiger partial charge in [0.1, 0.15) is 5.75 Å². The van der Waals surface area contributed by atoms with Crippen molar-refractivity contribution in [2.45, 2.75) is 13.1 Å². The smallest absolute Gasteiger partial charge is 0.290 e. The number of amides is 2. The third-order valence-corrected chi connectivity index (χ3v) is 3.76. The zero-order chi connectivity index (χ0) is 19.1. The molecule has 7 heteroatoms.